The molecule has 1 aromatic heterocycles. The molecule has 0 saturated heterocycles. The first kappa shape index (κ1) is 21.8. The van der Waals surface area contributed by atoms with Gasteiger partial charge in [-0.3, -0.25) is 14.9 Å². The number of amides is 1. The van der Waals surface area contributed by atoms with Crippen molar-refractivity contribution in [3.05, 3.63) is 97.5 Å². The average molecular weight is 509 g/mol. The molecule has 0 aliphatic rings. The highest BCUT2D eigenvalue weighted by Gasteiger charge is 2.22. The molecule has 7 nitrogen and oxygen atoms in total. The molecule has 0 unspecified atom stereocenters. The van der Waals surface area contributed by atoms with E-state index in [0.717, 1.165) is 25.8 Å². The Morgan fingerprint density at radius 2 is 1.88 bits per heavy atom. The van der Waals surface area contributed by atoms with E-state index in [2.05, 4.69) is 26.0 Å². The third-order valence-electron chi connectivity index (χ3n) is 4.75. The lowest BCUT2D eigenvalue weighted by atomic mass is 10.1. The topological polar surface area (TPSA) is 88.7 Å². The standard InChI is InChI=1S/C23H17BrN4O3S/c1-14-3-9-19(15(2)11-14)22(29)27(23-26-20-10-6-17(24)12-21(20)32-23)25-13-16-4-7-18(8-5-16)28(30)31/h3-13H,1-2H3/b25-13+. The van der Waals surface area contributed by atoms with Gasteiger partial charge in [-0.2, -0.15) is 10.1 Å². The van der Waals surface area contributed by atoms with Gasteiger partial charge in [0, 0.05) is 22.2 Å². The van der Waals surface area contributed by atoms with Crippen molar-refractivity contribution in [2.45, 2.75) is 13.8 Å². The number of hydrogen-bond acceptors (Lipinski definition) is 6. The summed E-state index contributed by atoms with van der Waals surface area (Å²) in [7, 11) is 0. The van der Waals surface area contributed by atoms with Crippen molar-refractivity contribution < 1.29 is 9.72 Å². The molecule has 0 aliphatic carbocycles. The van der Waals surface area contributed by atoms with Gasteiger partial charge in [0.1, 0.15) is 0 Å². The maximum atomic E-state index is 13.5. The molecule has 0 atom stereocenters. The molecule has 0 saturated carbocycles. The van der Waals surface area contributed by atoms with Crippen molar-refractivity contribution >= 4 is 60.4 Å². The molecule has 1 heterocycles. The van der Waals surface area contributed by atoms with E-state index in [9.17, 15) is 14.9 Å². The molecule has 9 heteroatoms. The highest BCUT2D eigenvalue weighted by molar-refractivity contribution is 9.10. The third kappa shape index (κ3) is 4.58. The minimum atomic E-state index is -0.462. The number of non-ortho nitro benzene ring substituents is 1. The average Bonchev–Trinajstić information content (AvgIpc) is 3.16. The van der Waals surface area contributed by atoms with E-state index in [1.807, 2.05) is 44.2 Å². The van der Waals surface area contributed by atoms with E-state index in [-0.39, 0.29) is 11.6 Å². The maximum absolute atomic E-state index is 13.5. The zero-order valence-corrected chi connectivity index (χ0v) is 19.6. The van der Waals surface area contributed by atoms with Crippen molar-refractivity contribution in [3.8, 4) is 0 Å². The Kier molecular flexibility index (Phi) is 6.11. The van der Waals surface area contributed by atoms with Crippen molar-refractivity contribution in [1.29, 1.82) is 0 Å². The summed E-state index contributed by atoms with van der Waals surface area (Å²) in [4.78, 5) is 28.5. The summed E-state index contributed by atoms with van der Waals surface area (Å²) in [6.07, 6.45) is 1.49. The third-order valence-corrected chi connectivity index (χ3v) is 6.24. The number of carbonyl (C=O) groups excluding carboxylic acids is 1. The van der Waals surface area contributed by atoms with Crippen LogP contribution in [0.3, 0.4) is 0 Å². The van der Waals surface area contributed by atoms with Crippen LogP contribution in [0.4, 0.5) is 10.8 Å². The SMILES string of the molecule is Cc1ccc(C(=O)N(/N=C/c2ccc([N+](=O)[O-])cc2)c2nc3ccc(Br)cc3s2)c(C)c1. The lowest BCUT2D eigenvalue weighted by Gasteiger charge is -2.15. The lowest BCUT2D eigenvalue weighted by Crippen LogP contribution is -2.26. The van der Waals surface area contributed by atoms with Gasteiger partial charge in [-0.25, -0.2) is 4.98 Å². The van der Waals surface area contributed by atoms with Gasteiger partial charge in [0.2, 0.25) is 5.13 Å². The molecule has 3 aromatic carbocycles. The van der Waals surface area contributed by atoms with E-state index in [1.54, 1.807) is 18.2 Å². The summed E-state index contributed by atoms with van der Waals surface area (Å²) in [5.74, 6) is -0.307. The molecule has 1 amide bonds. The Balaban J connectivity index is 1.76. The zero-order valence-electron chi connectivity index (χ0n) is 17.2. The van der Waals surface area contributed by atoms with Gasteiger partial charge >= 0.3 is 0 Å². The lowest BCUT2D eigenvalue weighted by molar-refractivity contribution is -0.384. The van der Waals surface area contributed by atoms with Crippen LogP contribution in [0.25, 0.3) is 10.2 Å². The Morgan fingerprint density at radius 3 is 2.56 bits per heavy atom. The Labute approximate surface area is 196 Å². The minimum Gasteiger partial charge on any atom is -0.267 e. The number of nitro groups is 1. The van der Waals surface area contributed by atoms with Gasteiger partial charge in [0.05, 0.1) is 21.4 Å². The number of nitrogens with zero attached hydrogens (tertiary/aromatic N) is 4. The van der Waals surface area contributed by atoms with Crippen LogP contribution in [-0.4, -0.2) is 22.0 Å². The molecule has 32 heavy (non-hydrogen) atoms. The molecule has 160 valence electrons. The highest BCUT2D eigenvalue weighted by atomic mass is 79.9. The number of rotatable bonds is 5. The summed E-state index contributed by atoms with van der Waals surface area (Å²) in [6, 6.07) is 17.3. The van der Waals surface area contributed by atoms with E-state index in [4.69, 9.17) is 0 Å². The minimum absolute atomic E-state index is 0.0119. The van der Waals surface area contributed by atoms with Crippen LogP contribution in [0, 0.1) is 24.0 Å². The number of aryl methyl sites for hydroxylation is 2. The van der Waals surface area contributed by atoms with Crippen molar-refractivity contribution in [2.75, 3.05) is 5.01 Å². The first-order chi connectivity index (χ1) is 15.3. The van der Waals surface area contributed by atoms with E-state index < -0.39 is 4.92 Å². The molecular formula is C23H17BrN4O3S. The van der Waals surface area contributed by atoms with Crippen LogP contribution in [0.5, 0.6) is 0 Å². The number of carbonyl (C=O) groups is 1. The van der Waals surface area contributed by atoms with Crippen LogP contribution in [0.2, 0.25) is 0 Å². The number of thiazole rings is 1. The van der Waals surface area contributed by atoms with E-state index in [1.165, 1.54) is 34.7 Å². The van der Waals surface area contributed by atoms with Crippen LogP contribution < -0.4 is 5.01 Å². The van der Waals surface area contributed by atoms with E-state index in [0.29, 0.717) is 16.3 Å². The summed E-state index contributed by atoms with van der Waals surface area (Å²) < 4.78 is 1.83. The number of anilines is 1. The number of aromatic nitrogens is 1. The molecular weight excluding hydrogens is 492 g/mol. The van der Waals surface area contributed by atoms with E-state index >= 15 is 0 Å². The predicted molar refractivity (Wildman–Crippen MR) is 131 cm³/mol. The fourth-order valence-electron chi connectivity index (χ4n) is 3.14. The number of fused-ring (bicyclic) bond motifs is 1. The molecule has 4 rings (SSSR count). The Bertz CT molecular complexity index is 1370. The molecule has 0 spiro atoms. The Morgan fingerprint density at radius 1 is 1.12 bits per heavy atom. The number of benzene rings is 3. The van der Waals surface area contributed by atoms with Gasteiger partial charge in [0.25, 0.3) is 11.6 Å². The molecule has 0 aliphatic heterocycles. The second kappa shape index (κ2) is 8.97. The normalized spacial score (nSPS) is 11.2. The fourth-order valence-corrected chi connectivity index (χ4v) is 4.61. The van der Waals surface area contributed by atoms with Gasteiger partial charge < -0.3 is 0 Å². The maximum Gasteiger partial charge on any atom is 0.281 e. The number of halogens is 1. The van der Waals surface area contributed by atoms with Crippen molar-refractivity contribution in [3.63, 3.8) is 0 Å². The number of hydrazone groups is 1. The summed E-state index contributed by atoms with van der Waals surface area (Å²) >= 11 is 4.81. The Hall–Kier alpha value is -3.43. The molecule has 0 N–H and O–H groups in total. The molecule has 0 radical (unpaired) electrons. The fraction of sp³-hybridized carbons (Fsp3) is 0.0870. The summed E-state index contributed by atoms with van der Waals surface area (Å²) in [5, 5.41) is 17.0. The summed E-state index contributed by atoms with van der Waals surface area (Å²) in [5.41, 5.74) is 3.80. The first-order valence-electron chi connectivity index (χ1n) is 9.58. The monoisotopic (exact) mass is 508 g/mol. The second-order valence-electron chi connectivity index (χ2n) is 7.14. The molecule has 0 fully saturated rings. The largest absolute Gasteiger partial charge is 0.281 e. The predicted octanol–water partition coefficient (Wildman–Crippen LogP) is 6.26. The number of nitro benzene ring substituents is 1. The van der Waals surface area contributed by atoms with Crippen LogP contribution >= 0.6 is 27.3 Å². The van der Waals surface area contributed by atoms with Gasteiger partial charge in [-0.05, 0) is 61.4 Å². The summed E-state index contributed by atoms with van der Waals surface area (Å²) in [6.45, 7) is 3.85. The number of hydrogen-bond donors (Lipinski definition) is 0. The smallest absolute Gasteiger partial charge is 0.267 e. The van der Waals surface area contributed by atoms with Gasteiger partial charge in [-0.1, -0.05) is 45.0 Å². The van der Waals surface area contributed by atoms with Crippen molar-refractivity contribution in [2.24, 2.45) is 5.10 Å². The van der Waals surface area contributed by atoms with Crippen LogP contribution in [0.1, 0.15) is 27.0 Å². The second-order valence-corrected chi connectivity index (χ2v) is 9.06. The first-order valence-corrected chi connectivity index (χ1v) is 11.2. The molecule has 4 aromatic rings. The molecule has 0 bridgehead atoms. The van der Waals surface area contributed by atoms with Crippen molar-refractivity contribution in [1.82, 2.24) is 4.98 Å². The highest BCUT2D eigenvalue weighted by Crippen LogP contribution is 2.32. The van der Waals surface area contributed by atoms with Gasteiger partial charge in [-0.15, -0.1) is 0 Å². The van der Waals surface area contributed by atoms with Gasteiger partial charge in [0.15, 0.2) is 0 Å². The zero-order chi connectivity index (χ0) is 22.8. The van der Waals surface area contributed by atoms with Crippen LogP contribution in [-0.2, 0) is 0 Å². The quantitative estimate of drug-likeness (QED) is 0.180. The van der Waals surface area contributed by atoms with Crippen LogP contribution in [0.15, 0.2) is 70.2 Å².